The summed E-state index contributed by atoms with van der Waals surface area (Å²) in [7, 11) is 2.17. The quantitative estimate of drug-likeness (QED) is 0.502. The third-order valence-corrected chi connectivity index (χ3v) is 3.44. The predicted molar refractivity (Wildman–Crippen MR) is 80.2 cm³/mol. The third kappa shape index (κ3) is 6.48. The topological polar surface area (TPSA) is 49.7 Å². The molecule has 0 aliphatic heterocycles. The van der Waals surface area contributed by atoms with Crippen molar-refractivity contribution in [2.45, 2.75) is 13.5 Å². The van der Waals surface area contributed by atoms with Crippen LogP contribution in [0.3, 0.4) is 0 Å². The molecule has 0 saturated heterocycles. The van der Waals surface area contributed by atoms with Gasteiger partial charge in [0, 0.05) is 11.5 Å². The van der Waals surface area contributed by atoms with Crippen molar-refractivity contribution >= 4 is 0 Å². The fraction of sp³-hybridized carbons (Fsp3) is 0.625. The molecule has 0 aliphatic carbocycles. The highest BCUT2D eigenvalue weighted by atomic mass is 16.5. The fourth-order valence-corrected chi connectivity index (χ4v) is 2.65. The Morgan fingerprint density at radius 1 is 1.15 bits per heavy atom. The average molecular weight is 282 g/mol. The van der Waals surface area contributed by atoms with E-state index in [4.69, 9.17) is 9.84 Å². The second kappa shape index (κ2) is 9.08. The Morgan fingerprint density at radius 3 is 2.45 bits per heavy atom. The summed E-state index contributed by atoms with van der Waals surface area (Å²) < 4.78 is 6.19. The van der Waals surface area contributed by atoms with E-state index in [1.807, 2.05) is 18.2 Å². The van der Waals surface area contributed by atoms with E-state index in [9.17, 15) is 5.11 Å². The number of likely N-dealkylation sites (N-methyl/N-ethyl adjacent to an activating group) is 1. The maximum absolute atomic E-state index is 9.33. The molecule has 4 nitrogen and oxygen atoms in total. The van der Waals surface area contributed by atoms with E-state index < -0.39 is 0 Å². The highest BCUT2D eigenvalue weighted by Crippen LogP contribution is 2.15. The molecule has 4 heteroatoms. The van der Waals surface area contributed by atoms with Gasteiger partial charge in [0.25, 0.3) is 0 Å². The van der Waals surface area contributed by atoms with Crippen LogP contribution in [0.5, 0.6) is 0 Å². The Hall–Kier alpha value is -0.940. The molecule has 1 rings (SSSR count). The molecular formula is C16H28NO3+. The maximum Gasteiger partial charge on any atom is 0.104 e. The molecule has 2 unspecified atom stereocenters. The first-order chi connectivity index (χ1) is 9.59. The van der Waals surface area contributed by atoms with Crippen LogP contribution in [0.4, 0.5) is 0 Å². The van der Waals surface area contributed by atoms with Crippen LogP contribution in [-0.2, 0) is 11.3 Å². The molecular weight excluding hydrogens is 254 g/mol. The summed E-state index contributed by atoms with van der Waals surface area (Å²) in [5, 5.41) is 18.1. The summed E-state index contributed by atoms with van der Waals surface area (Å²) in [4.78, 5) is 0. The first kappa shape index (κ1) is 17.1. The highest BCUT2D eigenvalue weighted by molar-refractivity contribution is 5.13. The Labute approximate surface area is 122 Å². The lowest BCUT2D eigenvalue weighted by atomic mass is 10.1. The molecule has 0 amide bonds. The van der Waals surface area contributed by atoms with Crippen molar-refractivity contribution in [2.24, 2.45) is 5.92 Å². The molecule has 20 heavy (non-hydrogen) atoms. The van der Waals surface area contributed by atoms with Gasteiger partial charge in [-0.2, -0.15) is 0 Å². The number of aliphatic hydroxyl groups excluding tert-OH is 2. The Bertz CT molecular complexity index is 358. The molecule has 114 valence electrons. The van der Waals surface area contributed by atoms with Crippen LogP contribution in [-0.4, -0.2) is 61.3 Å². The van der Waals surface area contributed by atoms with E-state index >= 15 is 0 Å². The van der Waals surface area contributed by atoms with Crippen molar-refractivity contribution in [1.29, 1.82) is 0 Å². The fourth-order valence-electron chi connectivity index (χ4n) is 2.65. The maximum atomic E-state index is 9.33. The zero-order valence-electron chi connectivity index (χ0n) is 12.7. The number of quaternary nitrogens is 1. The molecule has 0 fully saturated rings. The van der Waals surface area contributed by atoms with E-state index in [-0.39, 0.29) is 13.2 Å². The van der Waals surface area contributed by atoms with Crippen LogP contribution >= 0.6 is 0 Å². The lowest BCUT2D eigenvalue weighted by Gasteiger charge is -2.36. The number of aliphatic hydroxyl groups is 2. The Balaban J connectivity index is 2.56. The van der Waals surface area contributed by atoms with Gasteiger partial charge in [0.05, 0.1) is 40.0 Å². The average Bonchev–Trinajstić information content (AvgIpc) is 2.40. The molecule has 2 N–H and O–H groups in total. The van der Waals surface area contributed by atoms with Crippen molar-refractivity contribution in [2.75, 3.05) is 46.6 Å². The van der Waals surface area contributed by atoms with Gasteiger partial charge in [-0.1, -0.05) is 37.3 Å². The standard InChI is InChI=1S/C16H28NO3/c1-15(14-20-11-10-19)12-17(2,8-9-18)13-16-6-4-3-5-7-16/h3-7,15,18-19H,8-14H2,1-2H3/q+1. The SMILES string of the molecule is CC(COCCO)C[N+](C)(CCO)Cc1ccccc1. The summed E-state index contributed by atoms with van der Waals surface area (Å²) in [5.74, 6) is 0.391. The van der Waals surface area contributed by atoms with Gasteiger partial charge in [0.1, 0.15) is 13.1 Å². The van der Waals surface area contributed by atoms with Crippen LogP contribution in [0.2, 0.25) is 0 Å². The number of benzene rings is 1. The lowest BCUT2D eigenvalue weighted by molar-refractivity contribution is -0.925. The molecule has 0 aromatic heterocycles. The zero-order valence-corrected chi connectivity index (χ0v) is 12.7. The van der Waals surface area contributed by atoms with Crippen molar-refractivity contribution in [3.63, 3.8) is 0 Å². The van der Waals surface area contributed by atoms with Crippen LogP contribution in [0.15, 0.2) is 30.3 Å². The normalized spacial score (nSPS) is 15.8. The van der Waals surface area contributed by atoms with Crippen LogP contribution < -0.4 is 0 Å². The number of hydrogen-bond acceptors (Lipinski definition) is 3. The predicted octanol–water partition coefficient (Wildman–Crippen LogP) is 1.27. The molecule has 1 aromatic carbocycles. The molecule has 0 aliphatic rings. The minimum absolute atomic E-state index is 0.0689. The van der Waals surface area contributed by atoms with E-state index in [1.165, 1.54) is 5.56 Å². The monoisotopic (exact) mass is 282 g/mol. The van der Waals surface area contributed by atoms with Crippen molar-refractivity contribution in [3.05, 3.63) is 35.9 Å². The summed E-state index contributed by atoms with van der Waals surface area (Å²) in [6.45, 7) is 6.04. The molecule has 0 heterocycles. The molecule has 2 atom stereocenters. The van der Waals surface area contributed by atoms with Gasteiger partial charge in [-0.05, 0) is 0 Å². The molecule has 0 radical (unpaired) electrons. The van der Waals surface area contributed by atoms with E-state index in [0.29, 0.717) is 19.1 Å². The number of ether oxygens (including phenoxy) is 1. The second-order valence-corrected chi connectivity index (χ2v) is 5.80. The van der Waals surface area contributed by atoms with Gasteiger partial charge in [-0.25, -0.2) is 0 Å². The first-order valence-corrected chi connectivity index (χ1v) is 7.26. The number of nitrogens with zero attached hydrogens (tertiary/aromatic N) is 1. The molecule has 0 spiro atoms. The van der Waals surface area contributed by atoms with Gasteiger partial charge >= 0.3 is 0 Å². The minimum atomic E-state index is 0.0689. The van der Waals surface area contributed by atoms with Crippen LogP contribution in [0, 0.1) is 5.92 Å². The smallest absolute Gasteiger partial charge is 0.104 e. The summed E-state index contributed by atoms with van der Waals surface area (Å²) >= 11 is 0. The van der Waals surface area contributed by atoms with Gasteiger partial charge in [0.15, 0.2) is 0 Å². The van der Waals surface area contributed by atoms with Gasteiger partial charge in [-0.15, -0.1) is 0 Å². The minimum Gasteiger partial charge on any atom is -0.394 e. The summed E-state index contributed by atoms with van der Waals surface area (Å²) in [5.41, 5.74) is 1.28. The van der Waals surface area contributed by atoms with Crippen molar-refractivity contribution in [3.8, 4) is 0 Å². The highest BCUT2D eigenvalue weighted by Gasteiger charge is 2.24. The van der Waals surface area contributed by atoms with Crippen LogP contribution in [0.1, 0.15) is 12.5 Å². The van der Waals surface area contributed by atoms with E-state index in [2.05, 4.69) is 26.1 Å². The largest absolute Gasteiger partial charge is 0.394 e. The Kier molecular flexibility index (Phi) is 7.77. The zero-order chi connectivity index (χ0) is 14.8. The number of rotatable bonds is 10. The molecule has 1 aromatic rings. The van der Waals surface area contributed by atoms with Gasteiger partial charge in [0.2, 0.25) is 0 Å². The van der Waals surface area contributed by atoms with Gasteiger partial charge in [-0.3, -0.25) is 0 Å². The first-order valence-electron chi connectivity index (χ1n) is 7.26. The molecule has 0 saturated carbocycles. The van der Waals surface area contributed by atoms with E-state index in [1.54, 1.807) is 0 Å². The second-order valence-electron chi connectivity index (χ2n) is 5.80. The molecule has 0 bridgehead atoms. The lowest BCUT2D eigenvalue weighted by Crippen LogP contribution is -2.48. The van der Waals surface area contributed by atoms with Gasteiger partial charge < -0.3 is 19.4 Å². The Morgan fingerprint density at radius 2 is 1.85 bits per heavy atom. The van der Waals surface area contributed by atoms with Crippen molar-refractivity contribution in [1.82, 2.24) is 0 Å². The summed E-state index contributed by atoms with van der Waals surface area (Å²) in [6.07, 6.45) is 0. The third-order valence-electron chi connectivity index (χ3n) is 3.44. The van der Waals surface area contributed by atoms with E-state index in [0.717, 1.165) is 24.1 Å². The summed E-state index contributed by atoms with van der Waals surface area (Å²) in [6, 6.07) is 10.4. The van der Waals surface area contributed by atoms with Crippen molar-refractivity contribution < 1.29 is 19.4 Å². The number of hydrogen-bond donors (Lipinski definition) is 2. The van der Waals surface area contributed by atoms with Crippen LogP contribution in [0.25, 0.3) is 0 Å².